The first-order valence-electron chi connectivity index (χ1n) is 7.09. The molecule has 21 heavy (non-hydrogen) atoms. The maximum absolute atomic E-state index is 13.0. The number of carbonyl (C=O) groups is 1. The van der Waals surface area contributed by atoms with Crippen LogP contribution in [0.5, 0.6) is 0 Å². The second kappa shape index (κ2) is 6.57. The molecule has 0 bridgehead atoms. The Morgan fingerprint density at radius 1 is 1.38 bits per heavy atom. The Morgan fingerprint density at radius 2 is 2.10 bits per heavy atom. The molecule has 0 spiro atoms. The number of thioether (sulfide) groups is 1. The van der Waals surface area contributed by atoms with Crippen molar-refractivity contribution in [2.45, 2.75) is 55.8 Å². The minimum Gasteiger partial charge on any atom is -0.460 e. The molecule has 0 heterocycles. The summed E-state index contributed by atoms with van der Waals surface area (Å²) in [6.45, 7) is 5.64. The molecule has 2 atom stereocenters. The molecule has 0 N–H and O–H groups in total. The van der Waals surface area contributed by atoms with Gasteiger partial charge in [0, 0.05) is 10.1 Å². The van der Waals surface area contributed by atoms with Gasteiger partial charge >= 0.3 is 5.97 Å². The first-order chi connectivity index (χ1) is 9.74. The van der Waals surface area contributed by atoms with E-state index in [0.29, 0.717) is 10.3 Å². The Morgan fingerprint density at radius 3 is 2.71 bits per heavy atom. The van der Waals surface area contributed by atoms with E-state index in [0.717, 1.165) is 24.2 Å². The van der Waals surface area contributed by atoms with Crippen LogP contribution in [0.2, 0.25) is 5.02 Å². The van der Waals surface area contributed by atoms with Crippen molar-refractivity contribution in [3.05, 3.63) is 29.0 Å². The predicted molar refractivity (Wildman–Crippen MR) is 84.2 cm³/mol. The molecule has 116 valence electrons. The molecule has 0 aromatic heterocycles. The molecular formula is C16H20ClFO2S. The summed E-state index contributed by atoms with van der Waals surface area (Å²) < 4.78 is 18.5. The average molecular weight is 331 g/mol. The summed E-state index contributed by atoms with van der Waals surface area (Å²) in [5, 5.41) is 0.756. The molecule has 0 saturated heterocycles. The highest BCUT2D eigenvalue weighted by atomic mass is 35.5. The van der Waals surface area contributed by atoms with Crippen LogP contribution >= 0.6 is 23.4 Å². The predicted octanol–water partition coefficient (Wildman–Crippen LogP) is 5.08. The third-order valence-electron chi connectivity index (χ3n) is 3.31. The highest BCUT2D eigenvalue weighted by Gasteiger charge is 2.33. The van der Waals surface area contributed by atoms with E-state index in [2.05, 4.69) is 0 Å². The van der Waals surface area contributed by atoms with Crippen LogP contribution < -0.4 is 0 Å². The zero-order valence-electron chi connectivity index (χ0n) is 12.5. The summed E-state index contributed by atoms with van der Waals surface area (Å²) in [7, 11) is 0. The van der Waals surface area contributed by atoms with Gasteiger partial charge < -0.3 is 4.74 Å². The van der Waals surface area contributed by atoms with Crippen molar-refractivity contribution >= 4 is 29.3 Å². The average Bonchev–Trinajstić information content (AvgIpc) is 2.79. The largest absolute Gasteiger partial charge is 0.460 e. The van der Waals surface area contributed by atoms with Crippen molar-refractivity contribution in [3.8, 4) is 0 Å². The lowest BCUT2D eigenvalue weighted by Crippen LogP contribution is -2.27. The second-order valence-corrected chi connectivity index (χ2v) is 8.11. The molecule has 1 aromatic rings. The summed E-state index contributed by atoms with van der Waals surface area (Å²) in [6.07, 6.45) is 2.57. The number of hydrogen-bond donors (Lipinski definition) is 0. The highest BCUT2D eigenvalue weighted by Crippen LogP contribution is 2.41. The number of hydrogen-bond acceptors (Lipinski definition) is 3. The monoisotopic (exact) mass is 330 g/mol. The summed E-state index contributed by atoms with van der Waals surface area (Å²) in [6, 6.07) is 4.43. The van der Waals surface area contributed by atoms with Crippen molar-refractivity contribution in [1.29, 1.82) is 0 Å². The molecule has 0 aliphatic heterocycles. The maximum Gasteiger partial charge on any atom is 0.309 e. The van der Waals surface area contributed by atoms with Gasteiger partial charge in [-0.05, 0) is 58.2 Å². The number of carbonyl (C=O) groups excluding carboxylic acids is 1. The molecule has 1 saturated carbocycles. The van der Waals surface area contributed by atoms with E-state index in [9.17, 15) is 9.18 Å². The normalized spacial score (nSPS) is 22.3. The van der Waals surface area contributed by atoms with Crippen LogP contribution in [0.4, 0.5) is 4.39 Å². The first-order valence-corrected chi connectivity index (χ1v) is 8.35. The van der Waals surface area contributed by atoms with E-state index in [4.69, 9.17) is 16.3 Å². The number of halogens is 2. The van der Waals surface area contributed by atoms with Crippen molar-refractivity contribution in [1.82, 2.24) is 0 Å². The summed E-state index contributed by atoms with van der Waals surface area (Å²) >= 11 is 7.66. The lowest BCUT2D eigenvalue weighted by atomic mass is 10.1. The van der Waals surface area contributed by atoms with Crippen LogP contribution in [0.25, 0.3) is 0 Å². The molecule has 0 radical (unpaired) electrons. The Kier molecular flexibility index (Phi) is 5.20. The molecule has 2 nitrogen and oxygen atoms in total. The van der Waals surface area contributed by atoms with E-state index in [1.54, 1.807) is 17.8 Å². The maximum atomic E-state index is 13.0. The van der Waals surface area contributed by atoms with Gasteiger partial charge in [0.1, 0.15) is 11.4 Å². The zero-order valence-corrected chi connectivity index (χ0v) is 14.1. The van der Waals surface area contributed by atoms with E-state index in [-0.39, 0.29) is 17.7 Å². The quantitative estimate of drug-likeness (QED) is 0.723. The molecule has 2 rings (SSSR count). The summed E-state index contributed by atoms with van der Waals surface area (Å²) in [5.41, 5.74) is -0.442. The lowest BCUT2D eigenvalue weighted by Gasteiger charge is -2.22. The van der Waals surface area contributed by atoms with Gasteiger partial charge in [-0.3, -0.25) is 4.79 Å². The highest BCUT2D eigenvalue weighted by molar-refractivity contribution is 8.00. The van der Waals surface area contributed by atoms with Gasteiger partial charge in [0.15, 0.2) is 0 Å². The minimum absolute atomic E-state index is 0.0408. The molecule has 1 fully saturated rings. The Balaban J connectivity index is 1.92. The number of ether oxygens (including phenoxy) is 1. The van der Waals surface area contributed by atoms with E-state index < -0.39 is 5.60 Å². The molecule has 0 unspecified atom stereocenters. The first kappa shape index (κ1) is 16.6. The van der Waals surface area contributed by atoms with E-state index in [1.165, 1.54) is 12.1 Å². The molecule has 0 amide bonds. The van der Waals surface area contributed by atoms with Gasteiger partial charge in [-0.2, -0.15) is 0 Å². The molecule has 1 aliphatic carbocycles. The second-order valence-electron chi connectivity index (χ2n) is 6.36. The van der Waals surface area contributed by atoms with Gasteiger partial charge in [0.05, 0.1) is 10.9 Å². The van der Waals surface area contributed by atoms with E-state index in [1.807, 2.05) is 20.8 Å². The lowest BCUT2D eigenvalue weighted by molar-refractivity contribution is -0.159. The third-order valence-corrected chi connectivity index (χ3v) is 5.11. The molecular weight excluding hydrogens is 311 g/mol. The third kappa shape index (κ3) is 4.89. The van der Waals surface area contributed by atoms with Gasteiger partial charge in [0.2, 0.25) is 0 Å². The SMILES string of the molecule is CC(C)(C)OC(=O)[C@H]1CC[C@H](Sc2ccc(F)cc2Cl)C1. The number of benzene rings is 1. The minimum atomic E-state index is -0.442. The van der Waals surface area contributed by atoms with Crippen LogP contribution in [0.15, 0.2) is 23.1 Å². The summed E-state index contributed by atoms with van der Waals surface area (Å²) in [4.78, 5) is 12.9. The van der Waals surface area contributed by atoms with Crippen LogP contribution in [-0.4, -0.2) is 16.8 Å². The number of esters is 1. The van der Waals surface area contributed by atoms with Gasteiger partial charge in [-0.1, -0.05) is 11.6 Å². The van der Waals surface area contributed by atoms with Gasteiger partial charge in [-0.25, -0.2) is 4.39 Å². The van der Waals surface area contributed by atoms with Crippen molar-refractivity contribution in [2.75, 3.05) is 0 Å². The van der Waals surface area contributed by atoms with Gasteiger partial charge in [0.25, 0.3) is 0 Å². The van der Waals surface area contributed by atoms with Crippen LogP contribution in [0.3, 0.4) is 0 Å². The van der Waals surface area contributed by atoms with E-state index >= 15 is 0 Å². The Bertz CT molecular complexity index is 527. The van der Waals surface area contributed by atoms with Gasteiger partial charge in [-0.15, -0.1) is 11.8 Å². The molecule has 1 aliphatic rings. The standard InChI is InChI=1S/C16H20ClFO2S/c1-16(2,3)20-15(19)10-4-6-12(8-10)21-14-7-5-11(18)9-13(14)17/h5,7,9-10,12H,4,6,8H2,1-3H3/t10-,12-/m0/s1. The number of rotatable bonds is 3. The topological polar surface area (TPSA) is 26.3 Å². The van der Waals surface area contributed by atoms with Crippen LogP contribution in [0, 0.1) is 11.7 Å². The Labute approximate surface area is 134 Å². The van der Waals surface area contributed by atoms with Crippen molar-refractivity contribution < 1.29 is 13.9 Å². The summed E-state index contributed by atoms with van der Waals surface area (Å²) in [5.74, 6) is -0.487. The van der Waals surface area contributed by atoms with Crippen LogP contribution in [-0.2, 0) is 9.53 Å². The fourth-order valence-electron chi connectivity index (χ4n) is 2.40. The molecule has 1 aromatic carbocycles. The van der Waals surface area contributed by atoms with Crippen molar-refractivity contribution in [2.24, 2.45) is 5.92 Å². The fourth-order valence-corrected chi connectivity index (χ4v) is 3.96. The molecule has 5 heteroatoms. The van der Waals surface area contributed by atoms with Crippen LogP contribution in [0.1, 0.15) is 40.0 Å². The smallest absolute Gasteiger partial charge is 0.309 e. The van der Waals surface area contributed by atoms with Crippen molar-refractivity contribution in [3.63, 3.8) is 0 Å². The fraction of sp³-hybridized carbons (Fsp3) is 0.562. The zero-order chi connectivity index (χ0) is 15.6. The Hall–Kier alpha value is -0.740.